The van der Waals surface area contributed by atoms with E-state index in [1.54, 1.807) is 0 Å². The fourth-order valence-electron chi connectivity index (χ4n) is 16.0. The highest BCUT2D eigenvalue weighted by atomic mass is 16.5. The molecule has 14 heteroatoms. The van der Waals surface area contributed by atoms with Crippen LogP contribution in [0.1, 0.15) is 307 Å². The molecule has 0 fully saturated rings. The van der Waals surface area contributed by atoms with Gasteiger partial charge in [0.05, 0.1) is 0 Å². The maximum Gasteiger partial charge on any atom is 0.407 e. The van der Waals surface area contributed by atoms with Crippen LogP contribution >= 0.6 is 0 Å². The van der Waals surface area contributed by atoms with Gasteiger partial charge in [0.15, 0.2) is 0 Å². The van der Waals surface area contributed by atoms with Gasteiger partial charge in [-0.05, 0) is 223 Å². The van der Waals surface area contributed by atoms with Gasteiger partial charge in [-0.25, -0.2) is 4.79 Å². The SMILES string of the molecule is O=C(CCC(CCCCCCCCC(CCCO)(CCCO)CCCO)(CCCCCCCCC(CCCO)(CCCO)CCCO)CCCCCCCC(CCCO)(CCCO)CCCO)NCCCCCCNC(=O)OCc1c2ccccc2cc2ccccc12. The molecule has 3 aromatic rings. The minimum absolute atomic E-state index is 0.0480. The maximum absolute atomic E-state index is 13.9. The van der Waals surface area contributed by atoms with Crippen LogP contribution in [0.25, 0.3) is 21.5 Å². The number of aliphatic hydroxyl groups is 9. The summed E-state index contributed by atoms with van der Waals surface area (Å²) >= 11 is 0. The van der Waals surface area contributed by atoms with Gasteiger partial charge < -0.3 is 61.3 Å². The molecule has 0 saturated heterocycles. The first-order valence-electron chi connectivity index (χ1n) is 38.1. The summed E-state index contributed by atoms with van der Waals surface area (Å²) in [5.41, 5.74) is 1.25. The number of alkyl carbamates (subject to hydrolysis) is 1. The van der Waals surface area contributed by atoms with Gasteiger partial charge in [-0.15, -0.1) is 0 Å². The summed E-state index contributed by atoms with van der Waals surface area (Å²) in [6.07, 6.45) is 45.8. The minimum Gasteiger partial charge on any atom is -0.445 e. The van der Waals surface area contributed by atoms with Crippen molar-refractivity contribution in [2.75, 3.05) is 72.6 Å². The number of hydrogen-bond donors (Lipinski definition) is 11. The Morgan fingerprint density at radius 2 is 0.548 bits per heavy atom. The standard InChI is InChI=1S/C79H138N2O12/c82-58-26-46-76(47-27-59-83,48-28-60-84)40-18-6-1-3-8-21-43-79(45-23-11-5-10-20-42-78(52-32-64-88,53-33-65-89)54-34-66-90,44-22-9-4-2-7-19-41-77(49-29-61-85,50-30-62-86)51-31-63-87)55-39-74(91)80-56-24-12-13-25-57-81-75(92)93-68-73-71-37-16-14-35-69(71)67-70-36-15-17-38-72(70)73/h14-17,35-38,67,82-90H,1-13,18-34,39-66,68H2,(H,80,91)(H,81,92). The van der Waals surface area contributed by atoms with Crippen LogP contribution in [0.5, 0.6) is 0 Å². The third-order valence-corrected chi connectivity index (χ3v) is 21.3. The fourth-order valence-corrected chi connectivity index (χ4v) is 16.0. The van der Waals surface area contributed by atoms with Crippen LogP contribution in [-0.2, 0) is 16.1 Å². The molecule has 3 aromatic carbocycles. The molecule has 0 unspecified atom stereocenters. The van der Waals surface area contributed by atoms with Crippen LogP contribution in [0.15, 0.2) is 54.6 Å². The van der Waals surface area contributed by atoms with E-state index in [9.17, 15) is 55.5 Å². The molecule has 14 nitrogen and oxygen atoms in total. The number of amides is 2. The number of unbranched alkanes of at least 4 members (excludes halogenated alkanes) is 17. The Morgan fingerprint density at radius 3 is 0.849 bits per heavy atom. The number of benzene rings is 3. The van der Waals surface area contributed by atoms with Gasteiger partial charge in [-0.1, -0.05) is 171 Å². The van der Waals surface area contributed by atoms with Crippen molar-refractivity contribution in [2.24, 2.45) is 21.7 Å². The Bertz CT molecular complexity index is 2110. The van der Waals surface area contributed by atoms with Gasteiger partial charge >= 0.3 is 6.09 Å². The Morgan fingerprint density at radius 1 is 0.301 bits per heavy atom. The summed E-state index contributed by atoms with van der Waals surface area (Å²) < 4.78 is 5.76. The van der Waals surface area contributed by atoms with E-state index in [1.165, 1.54) is 38.5 Å². The molecule has 3 rings (SSSR count). The second-order valence-corrected chi connectivity index (χ2v) is 28.5. The Kier molecular flexibility index (Phi) is 48.3. The van der Waals surface area contributed by atoms with Crippen molar-refractivity contribution in [3.8, 4) is 0 Å². The maximum atomic E-state index is 13.9. The monoisotopic (exact) mass is 1310 g/mol. The topological polar surface area (TPSA) is 249 Å². The fraction of sp³-hybridized carbons (Fsp3) is 0.797. The molecule has 0 aromatic heterocycles. The van der Waals surface area contributed by atoms with E-state index in [0.717, 1.165) is 284 Å². The number of carbonyl (C=O) groups excluding carboxylic acids is 2. The summed E-state index contributed by atoms with van der Waals surface area (Å²) in [4.78, 5) is 26.8. The van der Waals surface area contributed by atoms with Crippen molar-refractivity contribution in [3.05, 3.63) is 60.2 Å². The summed E-state index contributed by atoms with van der Waals surface area (Å²) in [5.74, 6) is 0.135. The van der Waals surface area contributed by atoms with Crippen LogP contribution in [0.3, 0.4) is 0 Å². The zero-order valence-corrected chi connectivity index (χ0v) is 58.7. The lowest BCUT2D eigenvalue weighted by Crippen LogP contribution is -2.28. The molecule has 2 amide bonds. The second-order valence-electron chi connectivity index (χ2n) is 28.5. The minimum atomic E-state index is -0.416. The van der Waals surface area contributed by atoms with Crippen molar-refractivity contribution in [1.82, 2.24) is 10.6 Å². The molecule has 0 aliphatic rings. The van der Waals surface area contributed by atoms with E-state index in [0.29, 0.717) is 19.5 Å². The van der Waals surface area contributed by atoms with Crippen molar-refractivity contribution < 1.29 is 60.3 Å². The number of nitrogens with one attached hydrogen (secondary N) is 2. The molecule has 0 saturated carbocycles. The zero-order chi connectivity index (χ0) is 67.2. The molecule has 0 aliphatic heterocycles. The zero-order valence-electron chi connectivity index (χ0n) is 58.7. The first-order valence-corrected chi connectivity index (χ1v) is 38.1. The van der Waals surface area contributed by atoms with E-state index < -0.39 is 6.09 Å². The van der Waals surface area contributed by atoms with Crippen molar-refractivity contribution in [1.29, 1.82) is 0 Å². The predicted molar refractivity (Wildman–Crippen MR) is 383 cm³/mol. The molecular weight excluding hydrogens is 1170 g/mol. The van der Waals surface area contributed by atoms with Gasteiger partial charge in [0.25, 0.3) is 0 Å². The lowest BCUT2D eigenvalue weighted by atomic mass is 9.70. The Hall–Kier alpha value is -3.44. The molecule has 536 valence electrons. The molecule has 0 aliphatic carbocycles. The van der Waals surface area contributed by atoms with Gasteiger partial charge in [-0.3, -0.25) is 4.79 Å². The number of ether oxygens (including phenoxy) is 1. The number of fused-ring (bicyclic) bond motifs is 2. The lowest BCUT2D eigenvalue weighted by Gasteiger charge is -2.35. The van der Waals surface area contributed by atoms with E-state index in [4.69, 9.17) is 4.74 Å². The molecule has 93 heavy (non-hydrogen) atoms. The summed E-state index contributed by atoms with van der Waals surface area (Å²) in [6.45, 7) is 2.86. The third-order valence-electron chi connectivity index (χ3n) is 21.3. The molecule has 0 radical (unpaired) electrons. The largest absolute Gasteiger partial charge is 0.445 e. The van der Waals surface area contributed by atoms with Crippen molar-refractivity contribution in [3.63, 3.8) is 0 Å². The summed E-state index contributed by atoms with van der Waals surface area (Å²) in [6, 6.07) is 18.6. The number of rotatable bonds is 65. The number of hydrogen-bond acceptors (Lipinski definition) is 12. The molecule has 0 heterocycles. The smallest absolute Gasteiger partial charge is 0.407 e. The number of aliphatic hydroxyl groups excluding tert-OH is 9. The van der Waals surface area contributed by atoms with Crippen LogP contribution in [0, 0.1) is 21.7 Å². The van der Waals surface area contributed by atoms with Crippen LogP contribution in [0.4, 0.5) is 4.79 Å². The van der Waals surface area contributed by atoms with Crippen LogP contribution in [0.2, 0.25) is 0 Å². The van der Waals surface area contributed by atoms with Crippen molar-refractivity contribution >= 4 is 33.5 Å². The average Bonchev–Trinajstić information content (AvgIpc) is 0.800. The number of carbonyl (C=O) groups is 2. The van der Waals surface area contributed by atoms with Gasteiger partial charge in [0, 0.05) is 84.5 Å². The second kappa shape index (κ2) is 53.6. The van der Waals surface area contributed by atoms with Gasteiger partial charge in [0.1, 0.15) is 6.61 Å². The lowest BCUT2D eigenvalue weighted by molar-refractivity contribution is -0.121. The average molecular weight is 1310 g/mol. The van der Waals surface area contributed by atoms with E-state index in [2.05, 4.69) is 41.0 Å². The van der Waals surface area contributed by atoms with E-state index >= 15 is 0 Å². The quantitative estimate of drug-likeness (QED) is 0.0187. The first kappa shape index (κ1) is 83.8. The molecule has 11 N–H and O–H groups in total. The molecular formula is C79H138N2O12. The normalized spacial score (nSPS) is 12.4. The first-order chi connectivity index (χ1) is 45.5. The van der Waals surface area contributed by atoms with Gasteiger partial charge in [0.2, 0.25) is 5.91 Å². The van der Waals surface area contributed by atoms with Crippen LogP contribution in [-0.4, -0.2) is 131 Å². The Balaban J connectivity index is 1.67. The summed E-state index contributed by atoms with van der Waals surface area (Å²) in [7, 11) is 0. The van der Waals surface area contributed by atoms with Crippen molar-refractivity contribution in [2.45, 2.75) is 308 Å². The summed E-state index contributed by atoms with van der Waals surface area (Å²) in [5, 5.41) is 98.5. The highest BCUT2D eigenvalue weighted by Crippen LogP contribution is 2.45. The molecule has 0 atom stereocenters. The van der Waals surface area contributed by atoms with E-state index in [1.807, 2.05) is 24.3 Å². The Labute approximate surface area is 564 Å². The molecule has 0 bridgehead atoms. The molecule has 0 spiro atoms. The third kappa shape index (κ3) is 36.1. The predicted octanol–water partition coefficient (Wildman–Crippen LogP) is 16.5. The van der Waals surface area contributed by atoms with E-state index in [-0.39, 0.29) is 93.6 Å². The highest BCUT2D eigenvalue weighted by molar-refractivity contribution is 6.02. The van der Waals surface area contributed by atoms with Crippen LogP contribution < -0.4 is 10.6 Å². The van der Waals surface area contributed by atoms with Gasteiger partial charge in [-0.2, -0.15) is 0 Å². The highest BCUT2D eigenvalue weighted by Gasteiger charge is 2.32.